The van der Waals surface area contributed by atoms with Crippen LogP contribution in [-0.2, 0) is 4.74 Å². The van der Waals surface area contributed by atoms with E-state index in [4.69, 9.17) is 4.74 Å². The Morgan fingerprint density at radius 3 is 2.56 bits per heavy atom. The van der Waals surface area contributed by atoms with Crippen LogP contribution in [0.25, 0.3) is 0 Å². The van der Waals surface area contributed by atoms with Gasteiger partial charge in [0, 0.05) is 38.3 Å². The highest BCUT2D eigenvalue weighted by molar-refractivity contribution is 5.69. The molecule has 1 spiro atoms. The highest BCUT2D eigenvalue weighted by atomic mass is 16.6. The minimum absolute atomic E-state index is 0.166. The van der Waals surface area contributed by atoms with Gasteiger partial charge in [-0.2, -0.15) is 0 Å². The summed E-state index contributed by atoms with van der Waals surface area (Å²) in [6.45, 7) is 10.6. The van der Waals surface area contributed by atoms with Crippen molar-refractivity contribution in [2.75, 3.05) is 39.9 Å². The summed E-state index contributed by atoms with van der Waals surface area (Å²) >= 11 is 0. The van der Waals surface area contributed by atoms with E-state index in [1.54, 1.807) is 0 Å². The Balaban J connectivity index is 1.78. The van der Waals surface area contributed by atoms with Gasteiger partial charge in [0.25, 0.3) is 0 Å². The van der Waals surface area contributed by atoms with Crippen LogP contribution in [0.4, 0.5) is 4.79 Å². The van der Waals surface area contributed by atoms with Gasteiger partial charge in [0.15, 0.2) is 0 Å². The molecule has 18 heavy (non-hydrogen) atoms. The van der Waals surface area contributed by atoms with E-state index < -0.39 is 5.60 Å². The van der Waals surface area contributed by atoms with Crippen LogP contribution < -0.4 is 5.32 Å². The molecular weight excluding hydrogens is 230 g/mol. The summed E-state index contributed by atoms with van der Waals surface area (Å²) in [5, 5.41) is 3.18. The van der Waals surface area contributed by atoms with Crippen molar-refractivity contribution < 1.29 is 9.53 Å². The van der Waals surface area contributed by atoms with E-state index in [2.05, 4.69) is 10.2 Å². The molecule has 1 amide bonds. The van der Waals surface area contributed by atoms with E-state index >= 15 is 0 Å². The van der Waals surface area contributed by atoms with E-state index in [9.17, 15) is 4.79 Å². The maximum absolute atomic E-state index is 11.9. The molecule has 2 saturated heterocycles. The molecule has 2 aliphatic heterocycles. The molecule has 2 heterocycles. The predicted octanol–water partition coefficient (Wildman–Crippen LogP) is 1.11. The molecule has 5 heteroatoms. The van der Waals surface area contributed by atoms with Crippen molar-refractivity contribution in [3.05, 3.63) is 0 Å². The zero-order chi connectivity index (χ0) is 13.4. The summed E-state index contributed by atoms with van der Waals surface area (Å²) in [6, 6.07) is 0. The number of rotatable bonds is 2. The molecule has 0 atom stereocenters. The predicted molar refractivity (Wildman–Crippen MR) is 70.4 cm³/mol. The fourth-order valence-electron chi connectivity index (χ4n) is 2.86. The molecule has 0 aromatic heterocycles. The largest absolute Gasteiger partial charge is 0.444 e. The average Bonchev–Trinajstić information content (AvgIpc) is 2.57. The molecule has 0 saturated carbocycles. The first kappa shape index (κ1) is 13.6. The molecule has 0 bridgehead atoms. The van der Waals surface area contributed by atoms with Crippen molar-refractivity contribution >= 4 is 6.09 Å². The normalized spacial score (nSPS) is 23.2. The van der Waals surface area contributed by atoms with Crippen LogP contribution in [0.5, 0.6) is 0 Å². The fraction of sp³-hybridized carbons (Fsp3) is 0.923. The Hall–Kier alpha value is -0.810. The number of nitrogens with one attached hydrogen (secondary N) is 1. The Bertz CT molecular complexity index is 319. The second kappa shape index (κ2) is 4.70. The molecule has 2 rings (SSSR count). The highest BCUT2D eigenvalue weighted by Crippen LogP contribution is 2.39. The smallest absolute Gasteiger partial charge is 0.410 e. The molecule has 0 aromatic carbocycles. The number of hydrogen-bond acceptors (Lipinski definition) is 4. The standard InChI is InChI=1S/C13H25N3O2/c1-12(2,3)18-11(17)16-8-13(9-16)5-6-15(7-13)10-14-4/h14H,5-10H2,1-4H3. The van der Waals surface area contributed by atoms with E-state index in [1.807, 2.05) is 32.7 Å². The molecule has 104 valence electrons. The van der Waals surface area contributed by atoms with Gasteiger partial charge in [-0.1, -0.05) is 0 Å². The van der Waals surface area contributed by atoms with Gasteiger partial charge in [0.2, 0.25) is 0 Å². The lowest BCUT2D eigenvalue weighted by Gasteiger charge is -2.47. The van der Waals surface area contributed by atoms with Crippen molar-refractivity contribution in [2.24, 2.45) is 5.41 Å². The minimum atomic E-state index is -0.395. The maximum Gasteiger partial charge on any atom is 0.410 e. The SMILES string of the molecule is CNCN1CCC2(C1)CN(C(=O)OC(C)(C)C)C2. The lowest BCUT2D eigenvalue weighted by Crippen LogP contribution is -2.60. The van der Waals surface area contributed by atoms with Crippen molar-refractivity contribution in [2.45, 2.75) is 32.8 Å². The molecule has 0 unspecified atom stereocenters. The summed E-state index contributed by atoms with van der Waals surface area (Å²) < 4.78 is 5.38. The van der Waals surface area contributed by atoms with Crippen LogP contribution in [0.3, 0.4) is 0 Å². The first-order valence-corrected chi connectivity index (χ1v) is 6.68. The maximum atomic E-state index is 11.9. The topological polar surface area (TPSA) is 44.8 Å². The molecular formula is C13H25N3O2. The Morgan fingerprint density at radius 2 is 2.00 bits per heavy atom. The number of carbonyl (C=O) groups is 1. The first-order valence-electron chi connectivity index (χ1n) is 6.68. The lowest BCUT2D eigenvalue weighted by molar-refractivity contribution is -0.0305. The summed E-state index contributed by atoms with van der Waals surface area (Å²) in [4.78, 5) is 16.1. The average molecular weight is 255 g/mol. The number of amides is 1. The molecule has 2 fully saturated rings. The Morgan fingerprint density at radius 1 is 1.33 bits per heavy atom. The van der Waals surface area contributed by atoms with Crippen LogP contribution in [-0.4, -0.2) is 61.4 Å². The van der Waals surface area contributed by atoms with Crippen molar-refractivity contribution in [3.8, 4) is 0 Å². The van der Waals surface area contributed by atoms with E-state index in [1.165, 1.54) is 6.42 Å². The zero-order valence-electron chi connectivity index (χ0n) is 12.0. The summed E-state index contributed by atoms with van der Waals surface area (Å²) in [5.41, 5.74) is -0.0680. The Labute approximate surface area is 109 Å². The number of nitrogens with zero attached hydrogens (tertiary/aromatic N) is 2. The second-order valence-corrected chi connectivity index (χ2v) is 6.65. The van der Waals surface area contributed by atoms with Gasteiger partial charge >= 0.3 is 6.09 Å². The monoisotopic (exact) mass is 255 g/mol. The van der Waals surface area contributed by atoms with E-state index in [-0.39, 0.29) is 6.09 Å². The number of likely N-dealkylation sites (tertiary alicyclic amines) is 2. The lowest BCUT2D eigenvalue weighted by atomic mass is 9.79. The zero-order valence-corrected chi connectivity index (χ0v) is 12.0. The molecule has 0 aromatic rings. The van der Waals surface area contributed by atoms with Crippen LogP contribution in [0.1, 0.15) is 27.2 Å². The van der Waals surface area contributed by atoms with E-state index in [0.717, 1.165) is 32.8 Å². The summed E-state index contributed by atoms with van der Waals surface area (Å²) in [5.74, 6) is 0. The number of hydrogen-bond donors (Lipinski definition) is 1. The highest BCUT2D eigenvalue weighted by Gasteiger charge is 2.49. The molecule has 2 aliphatic rings. The van der Waals surface area contributed by atoms with Gasteiger partial charge < -0.3 is 15.0 Å². The van der Waals surface area contributed by atoms with Crippen molar-refractivity contribution in [1.29, 1.82) is 0 Å². The van der Waals surface area contributed by atoms with Crippen LogP contribution >= 0.6 is 0 Å². The van der Waals surface area contributed by atoms with Crippen LogP contribution in [0.2, 0.25) is 0 Å². The van der Waals surface area contributed by atoms with Gasteiger partial charge in [-0.15, -0.1) is 0 Å². The van der Waals surface area contributed by atoms with E-state index in [0.29, 0.717) is 5.41 Å². The fourth-order valence-corrected chi connectivity index (χ4v) is 2.86. The molecule has 1 N–H and O–H groups in total. The van der Waals surface area contributed by atoms with Crippen LogP contribution in [0.15, 0.2) is 0 Å². The first-order chi connectivity index (χ1) is 8.34. The Kier molecular flexibility index (Phi) is 3.56. The van der Waals surface area contributed by atoms with Crippen molar-refractivity contribution in [3.63, 3.8) is 0 Å². The summed E-state index contributed by atoms with van der Waals surface area (Å²) in [6.07, 6.45) is 1.02. The van der Waals surface area contributed by atoms with Gasteiger partial charge in [-0.3, -0.25) is 4.90 Å². The molecule has 0 radical (unpaired) electrons. The molecule has 0 aliphatic carbocycles. The third-order valence-electron chi connectivity index (χ3n) is 3.60. The number of ether oxygens (including phenoxy) is 1. The molecule has 5 nitrogen and oxygen atoms in total. The van der Waals surface area contributed by atoms with Gasteiger partial charge in [-0.05, 0) is 34.2 Å². The third-order valence-corrected chi connectivity index (χ3v) is 3.60. The summed E-state index contributed by atoms with van der Waals surface area (Å²) in [7, 11) is 1.97. The van der Waals surface area contributed by atoms with Gasteiger partial charge in [0.05, 0.1) is 0 Å². The quantitative estimate of drug-likeness (QED) is 0.803. The van der Waals surface area contributed by atoms with Crippen LogP contribution in [0, 0.1) is 5.41 Å². The second-order valence-electron chi connectivity index (χ2n) is 6.65. The van der Waals surface area contributed by atoms with Crippen molar-refractivity contribution in [1.82, 2.24) is 15.1 Å². The number of carbonyl (C=O) groups excluding carboxylic acids is 1. The van der Waals surface area contributed by atoms with Gasteiger partial charge in [-0.25, -0.2) is 4.79 Å². The van der Waals surface area contributed by atoms with Gasteiger partial charge in [0.1, 0.15) is 5.60 Å². The third kappa shape index (κ3) is 2.95. The minimum Gasteiger partial charge on any atom is -0.444 e.